The molecule has 8 nitrogen and oxygen atoms in total. The van der Waals surface area contributed by atoms with Crippen LogP contribution in [0.3, 0.4) is 0 Å². The summed E-state index contributed by atoms with van der Waals surface area (Å²) in [7, 11) is 0. The summed E-state index contributed by atoms with van der Waals surface area (Å²) in [4.78, 5) is 28.8. The molecule has 5 rings (SSSR count). The number of β-lactam (4-membered cyclic amide) rings is 1. The van der Waals surface area contributed by atoms with Gasteiger partial charge in [0.1, 0.15) is 24.0 Å². The first-order valence-electron chi connectivity index (χ1n) is 13.3. The average molecular weight is 552 g/mol. The molecule has 2 saturated heterocycles. The minimum atomic E-state index is -0.893. The Labute approximate surface area is 230 Å². The number of nitrogens with zero attached hydrogens (tertiary/aromatic N) is 2. The summed E-state index contributed by atoms with van der Waals surface area (Å²) in [5.74, 6) is -1.67. The Morgan fingerprint density at radius 3 is 2.30 bits per heavy atom. The molecule has 0 unspecified atom stereocenters. The van der Waals surface area contributed by atoms with Crippen LogP contribution in [0.25, 0.3) is 0 Å². The first-order valence-corrected chi connectivity index (χ1v) is 13.3. The highest BCUT2D eigenvalue weighted by Crippen LogP contribution is 2.48. The number of phenolic OH excluding ortho intramolecular Hbond substituents is 1. The zero-order chi connectivity index (χ0) is 28.2. The quantitative estimate of drug-likeness (QED) is 0.358. The number of aromatic hydroxyl groups is 1. The van der Waals surface area contributed by atoms with Crippen LogP contribution in [-0.4, -0.2) is 53.3 Å². The fraction of sp³-hybridized carbons (Fsp3) is 0.333. The Kier molecular flexibility index (Phi) is 8.27. The number of anilines is 1. The van der Waals surface area contributed by atoms with Crippen molar-refractivity contribution >= 4 is 17.7 Å². The van der Waals surface area contributed by atoms with Gasteiger partial charge in [0.05, 0.1) is 18.1 Å². The Morgan fingerprint density at radius 2 is 1.65 bits per heavy atom. The summed E-state index contributed by atoms with van der Waals surface area (Å²) in [5.41, 5.74) is 2.11. The number of carbonyl (C=O) groups is 2. The number of aliphatic hydroxyl groups is 1. The molecule has 3 aromatic rings. The lowest BCUT2D eigenvalue weighted by molar-refractivity contribution is -0.131. The fourth-order valence-corrected chi connectivity index (χ4v) is 5.28. The first-order chi connectivity index (χ1) is 19.3. The van der Waals surface area contributed by atoms with E-state index in [0.29, 0.717) is 55.0 Å². The van der Waals surface area contributed by atoms with Crippen molar-refractivity contribution < 1.29 is 33.3 Å². The SMILES string of the molecule is O=C(OCc1ccc([C@@H]2[C@@H](CC[C@H](O)c3ccc(F)cc3)C(=O)N2c2ccc(F)cc2)c(O)c1)N1CCNCC1. The Balaban J connectivity index is 1.32. The van der Waals surface area contributed by atoms with Crippen molar-refractivity contribution in [2.24, 2.45) is 5.92 Å². The van der Waals surface area contributed by atoms with E-state index in [2.05, 4.69) is 5.32 Å². The van der Waals surface area contributed by atoms with E-state index in [1.165, 1.54) is 59.5 Å². The van der Waals surface area contributed by atoms with Crippen LogP contribution in [0.1, 0.15) is 41.7 Å². The number of nitrogens with one attached hydrogen (secondary N) is 1. The molecule has 0 radical (unpaired) electrons. The van der Waals surface area contributed by atoms with Crippen LogP contribution in [0.2, 0.25) is 0 Å². The maximum absolute atomic E-state index is 13.6. The van der Waals surface area contributed by atoms with Crippen molar-refractivity contribution in [2.75, 3.05) is 31.1 Å². The smallest absolute Gasteiger partial charge is 0.410 e. The number of hydrogen-bond acceptors (Lipinski definition) is 6. The molecule has 3 aromatic carbocycles. The van der Waals surface area contributed by atoms with Crippen LogP contribution in [0.15, 0.2) is 66.7 Å². The van der Waals surface area contributed by atoms with Gasteiger partial charge in [-0.15, -0.1) is 0 Å². The number of amides is 2. The van der Waals surface area contributed by atoms with E-state index in [4.69, 9.17) is 4.74 Å². The monoisotopic (exact) mass is 551 g/mol. The molecule has 10 heteroatoms. The fourth-order valence-electron chi connectivity index (χ4n) is 5.28. The van der Waals surface area contributed by atoms with Gasteiger partial charge in [0, 0.05) is 37.4 Å². The second kappa shape index (κ2) is 12.0. The maximum atomic E-state index is 13.6. The minimum absolute atomic E-state index is 0.0187. The van der Waals surface area contributed by atoms with Gasteiger partial charge in [-0.25, -0.2) is 13.6 Å². The van der Waals surface area contributed by atoms with Crippen LogP contribution in [0, 0.1) is 17.6 Å². The first kappa shape index (κ1) is 27.5. The van der Waals surface area contributed by atoms with Gasteiger partial charge in [0.25, 0.3) is 0 Å². The van der Waals surface area contributed by atoms with Gasteiger partial charge in [-0.3, -0.25) is 4.79 Å². The van der Waals surface area contributed by atoms with Gasteiger partial charge >= 0.3 is 6.09 Å². The van der Waals surface area contributed by atoms with Crippen molar-refractivity contribution in [1.82, 2.24) is 10.2 Å². The molecule has 40 heavy (non-hydrogen) atoms. The van der Waals surface area contributed by atoms with Gasteiger partial charge in [-0.05, 0) is 66.4 Å². The number of halogens is 2. The minimum Gasteiger partial charge on any atom is -0.508 e. The number of piperazine rings is 1. The van der Waals surface area contributed by atoms with Gasteiger partial charge < -0.3 is 30.1 Å². The van der Waals surface area contributed by atoms with E-state index in [-0.39, 0.29) is 24.7 Å². The highest BCUT2D eigenvalue weighted by molar-refractivity contribution is 6.03. The number of carbonyl (C=O) groups excluding carboxylic acids is 2. The van der Waals surface area contributed by atoms with Crippen LogP contribution in [-0.2, 0) is 16.1 Å². The van der Waals surface area contributed by atoms with Crippen LogP contribution >= 0.6 is 0 Å². The number of aliphatic hydroxyl groups excluding tert-OH is 1. The van der Waals surface area contributed by atoms with Gasteiger partial charge in [0.15, 0.2) is 0 Å². The lowest BCUT2D eigenvalue weighted by Gasteiger charge is -2.48. The summed E-state index contributed by atoms with van der Waals surface area (Å²) in [6.45, 7) is 2.52. The van der Waals surface area contributed by atoms with Gasteiger partial charge in [0.2, 0.25) is 5.91 Å². The Bertz CT molecular complexity index is 1350. The lowest BCUT2D eigenvalue weighted by Crippen LogP contribution is -2.55. The molecule has 0 bridgehead atoms. The molecule has 2 aliphatic heterocycles. The summed E-state index contributed by atoms with van der Waals surface area (Å²) in [6, 6.07) is 15.5. The van der Waals surface area contributed by atoms with Crippen molar-refractivity contribution in [3.05, 3.63) is 95.1 Å². The highest BCUT2D eigenvalue weighted by atomic mass is 19.1. The zero-order valence-electron chi connectivity index (χ0n) is 21.8. The molecule has 2 aliphatic rings. The number of hydrogen-bond donors (Lipinski definition) is 3. The predicted octanol–water partition coefficient (Wildman–Crippen LogP) is 4.43. The molecule has 3 atom stereocenters. The number of rotatable bonds is 8. The normalized spacial score (nSPS) is 19.7. The van der Waals surface area contributed by atoms with Gasteiger partial charge in [-0.1, -0.05) is 24.3 Å². The molecule has 0 aliphatic carbocycles. The van der Waals surface area contributed by atoms with Crippen molar-refractivity contribution in [1.29, 1.82) is 0 Å². The molecular weight excluding hydrogens is 520 g/mol. The van der Waals surface area contributed by atoms with E-state index in [1.807, 2.05) is 0 Å². The van der Waals surface area contributed by atoms with Crippen molar-refractivity contribution in [3.8, 4) is 5.75 Å². The topological polar surface area (TPSA) is 102 Å². The predicted molar refractivity (Wildman–Crippen MR) is 143 cm³/mol. The van der Waals surface area contributed by atoms with E-state index in [0.717, 1.165) is 0 Å². The second-order valence-corrected chi connectivity index (χ2v) is 10.1. The van der Waals surface area contributed by atoms with E-state index in [1.54, 1.807) is 17.0 Å². The average Bonchev–Trinajstić information content (AvgIpc) is 2.96. The largest absolute Gasteiger partial charge is 0.508 e. The van der Waals surface area contributed by atoms with Crippen molar-refractivity contribution in [2.45, 2.75) is 31.6 Å². The molecule has 0 spiro atoms. The highest BCUT2D eigenvalue weighted by Gasteiger charge is 2.49. The van der Waals surface area contributed by atoms with E-state index < -0.39 is 35.8 Å². The zero-order valence-corrected chi connectivity index (χ0v) is 21.8. The molecule has 0 saturated carbocycles. The van der Waals surface area contributed by atoms with Crippen LogP contribution in [0.5, 0.6) is 5.75 Å². The van der Waals surface area contributed by atoms with Crippen LogP contribution < -0.4 is 10.2 Å². The van der Waals surface area contributed by atoms with E-state index >= 15 is 0 Å². The molecule has 2 fully saturated rings. The number of phenols is 1. The number of ether oxygens (including phenoxy) is 1. The summed E-state index contributed by atoms with van der Waals surface area (Å²) < 4.78 is 32.3. The molecule has 3 N–H and O–H groups in total. The summed E-state index contributed by atoms with van der Waals surface area (Å²) in [5, 5.41) is 24.8. The van der Waals surface area contributed by atoms with Gasteiger partial charge in [-0.2, -0.15) is 0 Å². The molecule has 2 amide bonds. The molecular formula is C30H31F2N3O5. The third-order valence-electron chi connectivity index (χ3n) is 7.48. The summed E-state index contributed by atoms with van der Waals surface area (Å²) >= 11 is 0. The molecule has 0 aromatic heterocycles. The lowest BCUT2D eigenvalue weighted by atomic mass is 9.77. The molecule has 2 heterocycles. The second-order valence-electron chi connectivity index (χ2n) is 10.1. The summed E-state index contributed by atoms with van der Waals surface area (Å²) in [6.07, 6.45) is -0.757. The number of benzene rings is 3. The van der Waals surface area contributed by atoms with Crippen LogP contribution in [0.4, 0.5) is 19.3 Å². The third-order valence-corrected chi connectivity index (χ3v) is 7.48. The molecule has 210 valence electrons. The van der Waals surface area contributed by atoms with Crippen molar-refractivity contribution in [3.63, 3.8) is 0 Å². The Hall–Kier alpha value is -4.02. The van der Waals surface area contributed by atoms with E-state index in [9.17, 15) is 28.6 Å². The third kappa shape index (κ3) is 5.93. The Morgan fingerprint density at radius 1 is 1.00 bits per heavy atom. The maximum Gasteiger partial charge on any atom is 0.410 e. The standard InChI is InChI=1S/C30H31F2N3O5/c31-21-4-2-20(3-5-21)26(36)12-11-25-28(35(29(25)38)23-8-6-22(32)7-9-23)24-10-1-19(17-27(24)37)18-40-30(39)34-15-13-33-14-16-34/h1-10,17,25-26,28,33,36-37H,11-16,18H2/t25-,26+,28-/m1/s1.